The molecule has 0 aliphatic rings. The molecule has 0 aliphatic heterocycles. The summed E-state index contributed by atoms with van der Waals surface area (Å²) in [4.78, 5) is 14.4. The number of carbonyl (C=O) groups is 1. The molecule has 0 saturated heterocycles. The SMILES string of the molecule is CC(C)(O)c1cc(F)c(-c2cc(F)cnc2C(=O)O)c(F)c1. The van der Waals surface area contributed by atoms with Crippen LogP contribution in [-0.4, -0.2) is 21.2 Å². The van der Waals surface area contributed by atoms with Gasteiger partial charge in [-0.1, -0.05) is 0 Å². The largest absolute Gasteiger partial charge is 0.476 e. The minimum Gasteiger partial charge on any atom is -0.476 e. The van der Waals surface area contributed by atoms with E-state index in [1.807, 2.05) is 0 Å². The van der Waals surface area contributed by atoms with Gasteiger partial charge in [0.25, 0.3) is 0 Å². The number of halogens is 3. The van der Waals surface area contributed by atoms with Gasteiger partial charge in [-0.15, -0.1) is 0 Å². The Hall–Kier alpha value is -2.41. The minimum absolute atomic E-state index is 0.0347. The van der Waals surface area contributed by atoms with E-state index in [1.165, 1.54) is 13.8 Å². The predicted octanol–water partition coefficient (Wildman–Crippen LogP) is 3.09. The first-order valence-corrected chi connectivity index (χ1v) is 6.22. The van der Waals surface area contributed by atoms with Gasteiger partial charge in [0.1, 0.15) is 17.5 Å². The molecule has 7 heteroatoms. The number of aliphatic hydroxyl groups is 1. The van der Waals surface area contributed by atoms with Crippen molar-refractivity contribution in [3.8, 4) is 11.1 Å². The van der Waals surface area contributed by atoms with Crippen LogP contribution in [0.1, 0.15) is 29.9 Å². The summed E-state index contributed by atoms with van der Waals surface area (Å²) in [6.45, 7) is 2.68. The Bertz CT molecular complexity index is 731. The van der Waals surface area contributed by atoms with E-state index < -0.39 is 45.8 Å². The number of carboxylic acids is 1. The fourth-order valence-electron chi connectivity index (χ4n) is 1.98. The number of nitrogens with zero attached hydrogens (tertiary/aromatic N) is 1. The van der Waals surface area contributed by atoms with Crippen LogP contribution in [0.3, 0.4) is 0 Å². The van der Waals surface area contributed by atoms with Crippen LogP contribution in [0.15, 0.2) is 24.4 Å². The van der Waals surface area contributed by atoms with Crippen molar-refractivity contribution < 1.29 is 28.2 Å². The zero-order valence-corrected chi connectivity index (χ0v) is 11.7. The van der Waals surface area contributed by atoms with Gasteiger partial charge in [-0.3, -0.25) is 0 Å². The third kappa shape index (κ3) is 2.94. The van der Waals surface area contributed by atoms with Gasteiger partial charge in [0.15, 0.2) is 5.69 Å². The van der Waals surface area contributed by atoms with E-state index in [-0.39, 0.29) is 5.56 Å². The van der Waals surface area contributed by atoms with Crippen LogP contribution >= 0.6 is 0 Å². The summed E-state index contributed by atoms with van der Waals surface area (Å²) >= 11 is 0. The second-order valence-electron chi connectivity index (χ2n) is 5.23. The van der Waals surface area contributed by atoms with E-state index >= 15 is 0 Å². The Morgan fingerprint density at radius 1 is 1.14 bits per heavy atom. The third-order valence-electron chi connectivity index (χ3n) is 3.07. The van der Waals surface area contributed by atoms with Gasteiger partial charge in [0.2, 0.25) is 0 Å². The maximum atomic E-state index is 14.2. The van der Waals surface area contributed by atoms with Crippen molar-refractivity contribution in [1.29, 1.82) is 0 Å². The molecule has 2 aromatic rings. The van der Waals surface area contributed by atoms with Crippen molar-refractivity contribution in [3.05, 3.63) is 53.1 Å². The van der Waals surface area contributed by atoms with Crippen LogP contribution in [0.4, 0.5) is 13.2 Å². The smallest absolute Gasteiger partial charge is 0.355 e. The molecule has 1 heterocycles. The summed E-state index contributed by atoms with van der Waals surface area (Å²) in [6, 6.07) is 2.44. The van der Waals surface area contributed by atoms with Crippen LogP contribution in [0.5, 0.6) is 0 Å². The van der Waals surface area contributed by atoms with Crippen LogP contribution in [0, 0.1) is 17.5 Å². The summed E-state index contributed by atoms with van der Waals surface area (Å²) in [7, 11) is 0. The average molecular weight is 311 g/mol. The number of aromatic carboxylic acids is 1. The molecule has 0 radical (unpaired) electrons. The molecule has 0 aliphatic carbocycles. The van der Waals surface area contributed by atoms with E-state index in [4.69, 9.17) is 5.11 Å². The van der Waals surface area contributed by atoms with Crippen LogP contribution in [-0.2, 0) is 5.60 Å². The van der Waals surface area contributed by atoms with E-state index in [1.54, 1.807) is 0 Å². The van der Waals surface area contributed by atoms with Crippen molar-refractivity contribution in [2.24, 2.45) is 0 Å². The molecule has 0 amide bonds. The fourth-order valence-corrected chi connectivity index (χ4v) is 1.98. The van der Waals surface area contributed by atoms with Gasteiger partial charge in [0.05, 0.1) is 17.4 Å². The van der Waals surface area contributed by atoms with Gasteiger partial charge >= 0.3 is 5.97 Å². The van der Waals surface area contributed by atoms with Crippen molar-refractivity contribution >= 4 is 5.97 Å². The monoisotopic (exact) mass is 311 g/mol. The molecule has 2 N–H and O–H groups in total. The summed E-state index contributed by atoms with van der Waals surface area (Å²) in [5.74, 6) is -4.70. The number of benzene rings is 1. The highest BCUT2D eigenvalue weighted by Crippen LogP contribution is 2.32. The molecular formula is C15H12F3NO3. The van der Waals surface area contributed by atoms with Crippen LogP contribution < -0.4 is 0 Å². The standard InChI is InChI=1S/C15H12F3NO3/c1-15(2,22)7-3-10(17)12(11(18)4-7)9-5-8(16)6-19-13(9)14(20)21/h3-6,22H,1-2H3,(H,20,21). The normalized spacial score (nSPS) is 11.5. The highest BCUT2D eigenvalue weighted by molar-refractivity contribution is 5.94. The second kappa shape index (κ2) is 5.42. The van der Waals surface area contributed by atoms with Gasteiger partial charge < -0.3 is 10.2 Å². The van der Waals surface area contributed by atoms with Crippen LogP contribution in [0.25, 0.3) is 11.1 Å². The zero-order chi connectivity index (χ0) is 16.7. The molecule has 0 unspecified atom stereocenters. The lowest BCUT2D eigenvalue weighted by molar-refractivity contribution is 0.0690. The molecule has 0 bridgehead atoms. The van der Waals surface area contributed by atoms with Crippen molar-refractivity contribution in [3.63, 3.8) is 0 Å². The highest BCUT2D eigenvalue weighted by atomic mass is 19.1. The van der Waals surface area contributed by atoms with Crippen molar-refractivity contribution in [2.45, 2.75) is 19.4 Å². The highest BCUT2D eigenvalue weighted by Gasteiger charge is 2.25. The van der Waals surface area contributed by atoms with E-state index in [0.717, 1.165) is 12.1 Å². The number of hydrogen-bond donors (Lipinski definition) is 2. The maximum Gasteiger partial charge on any atom is 0.355 e. The van der Waals surface area contributed by atoms with E-state index in [2.05, 4.69) is 4.98 Å². The number of aromatic nitrogens is 1. The summed E-state index contributed by atoms with van der Waals surface area (Å²) in [5.41, 5.74) is -3.42. The Morgan fingerprint density at radius 2 is 1.68 bits per heavy atom. The van der Waals surface area contributed by atoms with Crippen LogP contribution in [0.2, 0.25) is 0 Å². The number of carboxylic acid groups (broad SMARTS) is 1. The first-order chi connectivity index (χ1) is 10.1. The van der Waals surface area contributed by atoms with Crippen molar-refractivity contribution in [2.75, 3.05) is 0 Å². The molecule has 22 heavy (non-hydrogen) atoms. The first kappa shape index (κ1) is 16.0. The van der Waals surface area contributed by atoms with Gasteiger partial charge in [-0.05, 0) is 37.6 Å². The third-order valence-corrected chi connectivity index (χ3v) is 3.07. The summed E-state index contributed by atoms with van der Waals surface area (Å²) < 4.78 is 41.7. The quantitative estimate of drug-likeness (QED) is 0.914. The molecular weight excluding hydrogens is 299 g/mol. The molecule has 0 spiro atoms. The Labute approximate surface area is 123 Å². The van der Waals surface area contributed by atoms with Gasteiger partial charge in [0, 0.05) is 5.56 Å². The Morgan fingerprint density at radius 3 is 2.14 bits per heavy atom. The summed E-state index contributed by atoms with van der Waals surface area (Å²) in [6.07, 6.45) is 0.647. The molecule has 1 aromatic carbocycles. The minimum atomic E-state index is -1.54. The molecule has 116 valence electrons. The topological polar surface area (TPSA) is 70.4 Å². The number of hydrogen-bond acceptors (Lipinski definition) is 3. The second-order valence-corrected chi connectivity index (χ2v) is 5.23. The summed E-state index contributed by atoms with van der Waals surface area (Å²) in [5, 5.41) is 18.8. The zero-order valence-electron chi connectivity index (χ0n) is 11.7. The molecule has 4 nitrogen and oxygen atoms in total. The van der Waals surface area contributed by atoms with Gasteiger partial charge in [-0.25, -0.2) is 22.9 Å². The maximum absolute atomic E-state index is 14.2. The molecule has 0 atom stereocenters. The van der Waals surface area contributed by atoms with E-state index in [0.29, 0.717) is 12.3 Å². The van der Waals surface area contributed by atoms with Crippen molar-refractivity contribution in [1.82, 2.24) is 4.98 Å². The van der Waals surface area contributed by atoms with Gasteiger partial charge in [-0.2, -0.15) is 0 Å². The lowest BCUT2D eigenvalue weighted by Gasteiger charge is -2.19. The first-order valence-electron chi connectivity index (χ1n) is 6.22. The molecule has 2 rings (SSSR count). The van der Waals surface area contributed by atoms with E-state index in [9.17, 15) is 23.1 Å². The molecule has 0 fully saturated rings. The number of pyridine rings is 1. The Balaban J connectivity index is 2.74. The lowest BCUT2D eigenvalue weighted by atomic mass is 9.94. The number of rotatable bonds is 3. The predicted molar refractivity (Wildman–Crippen MR) is 71.8 cm³/mol. The molecule has 1 aromatic heterocycles. The fraction of sp³-hybridized carbons (Fsp3) is 0.200. The Kier molecular flexibility index (Phi) is 3.93. The lowest BCUT2D eigenvalue weighted by Crippen LogP contribution is -2.16. The molecule has 0 saturated carbocycles. The average Bonchev–Trinajstić information content (AvgIpc) is 2.36.